The Balaban J connectivity index is 2.36. The SMILES string of the molecule is CC(C)Cn1c(-c2c(F)cccc2F)c(Cl)nc(-c2cccnc2)c1=O. The summed E-state index contributed by atoms with van der Waals surface area (Å²) in [5, 5.41) is -0.145. The van der Waals surface area contributed by atoms with E-state index in [1.807, 2.05) is 13.8 Å². The van der Waals surface area contributed by atoms with Crippen molar-refractivity contribution < 1.29 is 8.78 Å². The second-order valence-electron chi connectivity index (χ2n) is 6.25. The fourth-order valence-electron chi connectivity index (χ4n) is 2.73. The van der Waals surface area contributed by atoms with Crippen LogP contribution in [0.5, 0.6) is 0 Å². The summed E-state index contributed by atoms with van der Waals surface area (Å²) in [6, 6.07) is 6.84. The molecule has 0 amide bonds. The summed E-state index contributed by atoms with van der Waals surface area (Å²) in [5.41, 5.74) is -0.329. The summed E-state index contributed by atoms with van der Waals surface area (Å²) < 4.78 is 30.0. The lowest BCUT2D eigenvalue weighted by molar-refractivity contribution is 0.509. The van der Waals surface area contributed by atoms with E-state index in [0.717, 1.165) is 12.1 Å². The lowest BCUT2D eigenvalue weighted by Crippen LogP contribution is -2.27. The van der Waals surface area contributed by atoms with Crippen LogP contribution in [-0.4, -0.2) is 14.5 Å². The molecule has 2 heterocycles. The Morgan fingerprint density at radius 2 is 1.85 bits per heavy atom. The number of hydrogen-bond donors (Lipinski definition) is 0. The molecule has 7 heteroatoms. The predicted molar refractivity (Wildman–Crippen MR) is 96.9 cm³/mol. The van der Waals surface area contributed by atoms with Crippen molar-refractivity contribution in [2.24, 2.45) is 5.92 Å². The molecule has 0 aliphatic heterocycles. The average molecular weight is 376 g/mol. The van der Waals surface area contributed by atoms with Crippen molar-refractivity contribution in [2.75, 3.05) is 0 Å². The second-order valence-corrected chi connectivity index (χ2v) is 6.61. The smallest absolute Gasteiger partial charge is 0.277 e. The van der Waals surface area contributed by atoms with Gasteiger partial charge in [0.1, 0.15) is 17.3 Å². The molecule has 1 aromatic carbocycles. The molecule has 0 atom stereocenters. The number of aromatic nitrogens is 3. The van der Waals surface area contributed by atoms with Gasteiger partial charge in [-0.05, 0) is 30.2 Å². The van der Waals surface area contributed by atoms with Crippen molar-refractivity contribution in [3.63, 3.8) is 0 Å². The van der Waals surface area contributed by atoms with E-state index in [4.69, 9.17) is 11.6 Å². The molecule has 0 radical (unpaired) electrons. The highest BCUT2D eigenvalue weighted by Crippen LogP contribution is 2.31. The van der Waals surface area contributed by atoms with E-state index in [9.17, 15) is 13.6 Å². The Hall–Kier alpha value is -2.60. The van der Waals surface area contributed by atoms with Crippen LogP contribution in [0.1, 0.15) is 13.8 Å². The Morgan fingerprint density at radius 1 is 1.15 bits per heavy atom. The normalized spacial score (nSPS) is 11.2. The van der Waals surface area contributed by atoms with Gasteiger partial charge >= 0.3 is 0 Å². The number of nitrogens with zero attached hydrogens (tertiary/aromatic N) is 3. The summed E-state index contributed by atoms with van der Waals surface area (Å²) in [4.78, 5) is 21.2. The molecule has 0 N–H and O–H groups in total. The van der Waals surface area contributed by atoms with Crippen molar-refractivity contribution in [3.8, 4) is 22.5 Å². The summed E-state index contributed by atoms with van der Waals surface area (Å²) in [6.45, 7) is 4.02. The molecule has 3 aromatic rings. The van der Waals surface area contributed by atoms with Gasteiger partial charge < -0.3 is 4.57 Å². The lowest BCUT2D eigenvalue weighted by Gasteiger charge is -2.18. The molecule has 0 saturated heterocycles. The van der Waals surface area contributed by atoms with Crippen molar-refractivity contribution in [3.05, 3.63) is 69.9 Å². The van der Waals surface area contributed by atoms with Crippen LogP contribution in [0.3, 0.4) is 0 Å². The number of rotatable bonds is 4. The number of pyridine rings is 1. The number of benzene rings is 1. The third kappa shape index (κ3) is 3.37. The molecule has 0 fully saturated rings. The van der Waals surface area contributed by atoms with E-state index in [1.165, 1.54) is 16.8 Å². The monoisotopic (exact) mass is 375 g/mol. The van der Waals surface area contributed by atoms with Gasteiger partial charge in [-0.3, -0.25) is 9.78 Å². The fourth-order valence-corrected chi connectivity index (χ4v) is 3.01. The number of hydrogen-bond acceptors (Lipinski definition) is 3. The molecule has 26 heavy (non-hydrogen) atoms. The molecule has 0 saturated carbocycles. The lowest BCUT2D eigenvalue weighted by atomic mass is 10.1. The van der Waals surface area contributed by atoms with E-state index in [1.54, 1.807) is 18.3 Å². The number of halogens is 3. The topological polar surface area (TPSA) is 47.8 Å². The van der Waals surface area contributed by atoms with E-state index in [2.05, 4.69) is 9.97 Å². The largest absolute Gasteiger partial charge is 0.303 e. The molecule has 0 aliphatic carbocycles. The molecule has 2 aromatic heterocycles. The van der Waals surface area contributed by atoms with Crippen LogP contribution in [-0.2, 0) is 6.54 Å². The minimum Gasteiger partial charge on any atom is -0.303 e. The first-order chi connectivity index (χ1) is 12.4. The minimum atomic E-state index is -0.806. The maximum atomic E-state index is 14.3. The molecular formula is C19H16ClF2N3O. The maximum absolute atomic E-state index is 14.3. The van der Waals surface area contributed by atoms with Crippen LogP contribution in [0.4, 0.5) is 8.78 Å². The van der Waals surface area contributed by atoms with Crippen LogP contribution in [0.2, 0.25) is 5.15 Å². The van der Waals surface area contributed by atoms with Crippen molar-refractivity contribution in [2.45, 2.75) is 20.4 Å². The van der Waals surface area contributed by atoms with Crippen LogP contribution in [0.15, 0.2) is 47.5 Å². The van der Waals surface area contributed by atoms with Crippen molar-refractivity contribution in [1.82, 2.24) is 14.5 Å². The molecule has 0 aliphatic rings. The van der Waals surface area contributed by atoms with Gasteiger partial charge in [0, 0.05) is 24.5 Å². The first-order valence-corrected chi connectivity index (χ1v) is 8.43. The highest BCUT2D eigenvalue weighted by atomic mass is 35.5. The van der Waals surface area contributed by atoms with Crippen molar-refractivity contribution in [1.29, 1.82) is 0 Å². The molecule has 4 nitrogen and oxygen atoms in total. The third-order valence-electron chi connectivity index (χ3n) is 3.81. The van der Waals surface area contributed by atoms with Gasteiger partial charge in [-0.1, -0.05) is 31.5 Å². The van der Waals surface area contributed by atoms with E-state index in [-0.39, 0.29) is 34.6 Å². The van der Waals surface area contributed by atoms with Gasteiger partial charge in [0.05, 0.1) is 11.3 Å². The molecule has 3 rings (SSSR count). The quantitative estimate of drug-likeness (QED) is 0.671. The van der Waals surface area contributed by atoms with Gasteiger partial charge in [0.15, 0.2) is 5.15 Å². The minimum absolute atomic E-state index is 0.0431. The highest BCUT2D eigenvalue weighted by Gasteiger charge is 2.23. The maximum Gasteiger partial charge on any atom is 0.277 e. The van der Waals surface area contributed by atoms with Crippen molar-refractivity contribution >= 4 is 11.6 Å². The molecular weight excluding hydrogens is 360 g/mol. The van der Waals surface area contributed by atoms with Gasteiger partial charge in [0.25, 0.3) is 5.56 Å². The zero-order chi connectivity index (χ0) is 18.8. The zero-order valence-electron chi connectivity index (χ0n) is 14.2. The average Bonchev–Trinajstić information content (AvgIpc) is 2.60. The summed E-state index contributed by atoms with van der Waals surface area (Å²) in [7, 11) is 0. The summed E-state index contributed by atoms with van der Waals surface area (Å²) in [6.07, 6.45) is 3.06. The van der Waals surface area contributed by atoms with E-state index < -0.39 is 17.2 Å². The third-order valence-corrected chi connectivity index (χ3v) is 4.07. The predicted octanol–water partition coefficient (Wildman–Crippen LogP) is 4.56. The first kappa shape index (κ1) is 18.2. The Morgan fingerprint density at radius 3 is 2.42 bits per heavy atom. The fraction of sp³-hybridized carbons (Fsp3) is 0.211. The van der Waals surface area contributed by atoms with Gasteiger partial charge in [-0.2, -0.15) is 0 Å². The molecule has 0 unspecified atom stereocenters. The van der Waals surface area contributed by atoms with Crippen LogP contribution < -0.4 is 5.56 Å². The summed E-state index contributed by atoms with van der Waals surface area (Å²) >= 11 is 6.29. The Bertz CT molecular complexity index is 983. The van der Waals surface area contributed by atoms with Crippen LogP contribution >= 0.6 is 11.6 Å². The molecule has 134 valence electrons. The van der Waals surface area contributed by atoms with Gasteiger partial charge in [-0.15, -0.1) is 0 Å². The Kier molecular flexibility index (Phi) is 5.13. The van der Waals surface area contributed by atoms with Crippen LogP contribution in [0, 0.1) is 17.6 Å². The summed E-state index contributed by atoms with van der Waals surface area (Å²) in [5.74, 6) is -1.57. The van der Waals surface area contributed by atoms with Crippen LogP contribution in [0.25, 0.3) is 22.5 Å². The van der Waals surface area contributed by atoms with E-state index in [0.29, 0.717) is 5.56 Å². The first-order valence-electron chi connectivity index (χ1n) is 8.05. The zero-order valence-corrected chi connectivity index (χ0v) is 15.0. The standard InChI is InChI=1S/C19H16ClF2N3O/c1-11(2)10-25-17(15-13(21)6-3-7-14(15)22)18(20)24-16(19(25)26)12-5-4-8-23-9-12/h3-9,11H,10H2,1-2H3. The van der Waals surface area contributed by atoms with Gasteiger partial charge in [-0.25, -0.2) is 13.8 Å². The van der Waals surface area contributed by atoms with Gasteiger partial charge in [0.2, 0.25) is 0 Å². The van der Waals surface area contributed by atoms with E-state index >= 15 is 0 Å². The highest BCUT2D eigenvalue weighted by molar-refractivity contribution is 6.32. The second kappa shape index (κ2) is 7.33. The molecule has 0 bridgehead atoms. The Labute approximate surface area is 154 Å². The molecule has 0 spiro atoms.